The minimum Gasteiger partial charge on any atom is -0.328 e. The normalized spacial score (nSPS) is 21.3. The van der Waals surface area contributed by atoms with Crippen LogP contribution in [-0.2, 0) is 11.3 Å². The highest BCUT2D eigenvalue weighted by molar-refractivity contribution is 6.30. The lowest BCUT2D eigenvalue weighted by Crippen LogP contribution is -2.62. The monoisotopic (exact) mass is 304 g/mol. The Morgan fingerprint density at radius 1 is 1.10 bits per heavy atom. The number of β-lactam (4-membered cyclic amide) rings is 1. The van der Waals surface area contributed by atoms with Crippen LogP contribution in [0.15, 0.2) is 48.5 Å². The molecular formula is C16H14ClFN2O. The van der Waals surface area contributed by atoms with Crippen molar-refractivity contribution in [3.8, 4) is 0 Å². The molecule has 1 aliphatic heterocycles. The van der Waals surface area contributed by atoms with Gasteiger partial charge in [0.15, 0.2) is 0 Å². The van der Waals surface area contributed by atoms with E-state index in [0.717, 1.165) is 11.1 Å². The molecule has 2 aromatic carbocycles. The lowest BCUT2D eigenvalue weighted by molar-refractivity contribution is -0.150. The lowest BCUT2D eigenvalue weighted by Gasteiger charge is -2.45. The van der Waals surface area contributed by atoms with E-state index in [9.17, 15) is 9.18 Å². The van der Waals surface area contributed by atoms with Crippen molar-refractivity contribution in [3.05, 3.63) is 70.5 Å². The Bertz CT molecular complexity index is 657. The first-order chi connectivity index (χ1) is 10.1. The summed E-state index contributed by atoms with van der Waals surface area (Å²) < 4.78 is 12.9. The zero-order valence-electron chi connectivity index (χ0n) is 11.2. The van der Waals surface area contributed by atoms with Gasteiger partial charge in [-0.2, -0.15) is 0 Å². The predicted octanol–water partition coefficient (Wildman–Crippen LogP) is 2.89. The fraction of sp³-hybridized carbons (Fsp3) is 0.188. The number of amides is 1. The molecule has 0 bridgehead atoms. The first kappa shape index (κ1) is 14.0. The SMILES string of the molecule is NC1C(=O)N(Cc2ccc(F)cc2)C1c1ccc(Cl)cc1. The fourth-order valence-corrected chi connectivity index (χ4v) is 2.71. The Labute approximate surface area is 127 Å². The number of rotatable bonds is 3. The van der Waals surface area contributed by atoms with Crippen LogP contribution in [0, 0.1) is 5.82 Å². The van der Waals surface area contributed by atoms with Gasteiger partial charge >= 0.3 is 0 Å². The van der Waals surface area contributed by atoms with E-state index in [1.807, 2.05) is 12.1 Å². The Morgan fingerprint density at radius 2 is 1.71 bits per heavy atom. The summed E-state index contributed by atoms with van der Waals surface area (Å²) in [5, 5.41) is 0.642. The summed E-state index contributed by atoms with van der Waals surface area (Å²) in [6.07, 6.45) is 0. The summed E-state index contributed by atoms with van der Waals surface area (Å²) in [5.74, 6) is -0.390. The number of carbonyl (C=O) groups excluding carboxylic acids is 1. The van der Waals surface area contributed by atoms with E-state index in [1.54, 1.807) is 29.2 Å². The van der Waals surface area contributed by atoms with Crippen molar-refractivity contribution >= 4 is 17.5 Å². The molecular weight excluding hydrogens is 291 g/mol. The molecule has 1 heterocycles. The molecule has 0 saturated carbocycles. The van der Waals surface area contributed by atoms with Crippen LogP contribution < -0.4 is 5.73 Å². The third-order valence-corrected chi connectivity index (χ3v) is 3.97. The van der Waals surface area contributed by atoms with Crippen molar-refractivity contribution in [2.75, 3.05) is 0 Å². The smallest absolute Gasteiger partial charge is 0.242 e. The van der Waals surface area contributed by atoms with Gasteiger partial charge in [-0.05, 0) is 35.4 Å². The molecule has 2 aromatic rings. The Morgan fingerprint density at radius 3 is 2.33 bits per heavy atom. The van der Waals surface area contributed by atoms with Crippen LogP contribution in [0.5, 0.6) is 0 Å². The number of benzene rings is 2. The van der Waals surface area contributed by atoms with Crippen LogP contribution in [0.2, 0.25) is 5.02 Å². The summed E-state index contributed by atoms with van der Waals surface area (Å²) >= 11 is 5.88. The van der Waals surface area contributed by atoms with Gasteiger partial charge in [-0.15, -0.1) is 0 Å². The maximum atomic E-state index is 12.9. The maximum absolute atomic E-state index is 12.9. The fourth-order valence-electron chi connectivity index (χ4n) is 2.59. The van der Waals surface area contributed by atoms with Crippen LogP contribution in [0.1, 0.15) is 17.2 Å². The zero-order chi connectivity index (χ0) is 15.0. The van der Waals surface area contributed by atoms with Crippen molar-refractivity contribution in [1.82, 2.24) is 4.90 Å². The number of nitrogens with two attached hydrogens (primary N) is 1. The lowest BCUT2D eigenvalue weighted by atomic mass is 9.88. The highest BCUT2D eigenvalue weighted by atomic mass is 35.5. The number of hydrogen-bond acceptors (Lipinski definition) is 2. The topological polar surface area (TPSA) is 46.3 Å². The standard InChI is InChI=1S/C16H14ClFN2O/c17-12-5-3-11(4-6-12)15-14(19)16(21)20(15)9-10-1-7-13(18)8-2-10/h1-8,14-15H,9,19H2. The van der Waals surface area contributed by atoms with Crippen molar-refractivity contribution in [2.45, 2.75) is 18.6 Å². The van der Waals surface area contributed by atoms with Crippen LogP contribution in [0.4, 0.5) is 4.39 Å². The highest BCUT2D eigenvalue weighted by Gasteiger charge is 2.45. The molecule has 108 valence electrons. The van der Waals surface area contributed by atoms with E-state index in [2.05, 4.69) is 0 Å². The van der Waals surface area contributed by atoms with Gasteiger partial charge in [-0.1, -0.05) is 35.9 Å². The molecule has 1 saturated heterocycles. The zero-order valence-corrected chi connectivity index (χ0v) is 11.9. The van der Waals surface area contributed by atoms with E-state index >= 15 is 0 Å². The number of likely N-dealkylation sites (tertiary alicyclic amines) is 1. The van der Waals surface area contributed by atoms with Crippen molar-refractivity contribution in [1.29, 1.82) is 0 Å². The van der Waals surface area contributed by atoms with Gasteiger partial charge in [0.1, 0.15) is 11.9 Å². The Hall–Kier alpha value is -1.91. The third-order valence-electron chi connectivity index (χ3n) is 3.72. The molecule has 2 atom stereocenters. The first-order valence-corrected chi connectivity index (χ1v) is 7.00. The predicted molar refractivity (Wildman–Crippen MR) is 79.1 cm³/mol. The van der Waals surface area contributed by atoms with Gasteiger partial charge in [-0.25, -0.2) is 4.39 Å². The molecule has 5 heteroatoms. The molecule has 0 aliphatic carbocycles. The van der Waals surface area contributed by atoms with E-state index in [-0.39, 0.29) is 17.8 Å². The van der Waals surface area contributed by atoms with Gasteiger partial charge in [-0.3, -0.25) is 4.79 Å². The van der Waals surface area contributed by atoms with Crippen molar-refractivity contribution < 1.29 is 9.18 Å². The van der Waals surface area contributed by atoms with Gasteiger partial charge in [0.2, 0.25) is 5.91 Å². The van der Waals surface area contributed by atoms with E-state index in [0.29, 0.717) is 11.6 Å². The largest absolute Gasteiger partial charge is 0.328 e. The Balaban J connectivity index is 1.81. The van der Waals surface area contributed by atoms with Crippen LogP contribution in [0.25, 0.3) is 0 Å². The maximum Gasteiger partial charge on any atom is 0.242 e. The van der Waals surface area contributed by atoms with Gasteiger partial charge in [0, 0.05) is 11.6 Å². The van der Waals surface area contributed by atoms with Gasteiger partial charge in [0.25, 0.3) is 0 Å². The average molecular weight is 305 g/mol. The van der Waals surface area contributed by atoms with E-state index in [4.69, 9.17) is 17.3 Å². The van der Waals surface area contributed by atoms with Gasteiger partial charge in [0.05, 0.1) is 6.04 Å². The Kier molecular flexibility index (Phi) is 3.66. The molecule has 21 heavy (non-hydrogen) atoms. The van der Waals surface area contributed by atoms with E-state index in [1.165, 1.54) is 12.1 Å². The first-order valence-electron chi connectivity index (χ1n) is 6.62. The minimum absolute atomic E-state index is 0.0979. The van der Waals surface area contributed by atoms with Crippen molar-refractivity contribution in [3.63, 3.8) is 0 Å². The van der Waals surface area contributed by atoms with Crippen LogP contribution in [0.3, 0.4) is 0 Å². The summed E-state index contributed by atoms with van der Waals surface area (Å²) in [6.45, 7) is 0.417. The molecule has 3 nitrogen and oxygen atoms in total. The number of carbonyl (C=O) groups is 1. The second-order valence-electron chi connectivity index (χ2n) is 5.11. The summed E-state index contributed by atoms with van der Waals surface area (Å²) in [4.78, 5) is 13.7. The number of nitrogens with zero attached hydrogens (tertiary/aromatic N) is 1. The summed E-state index contributed by atoms with van der Waals surface area (Å²) in [5.41, 5.74) is 7.74. The quantitative estimate of drug-likeness (QED) is 0.886. The minimum atomic E-state index is -0.536. The molecule has 1 aliphatic rings. The molecule has 2 unspecified atom stereocenters. The van der Waals surface area contributed by atoms with Gasteiger partial charge < -0.3 is 10.6 Å². The number of halogens is 2. The van der Waals surface area contributed by atoms with Crippen LogP contribution in [-0.4, -0.2) is 16.8 Å². The second-order valence-corrected chi connectivity index (χ2v) is 5.55. The molecule has 3 rings (SSSR count). The van der Waals surface area contributed by atoms with E-state index < -0.39 is 6.04 Å². The average Bonchev–Trinajstić information content (AvgIpc) is 2.50. The molecule has 1 amide bonds. The molecule has 2 N–H and O–H groups in total. The second kappa shape index (κ2) is 5.47. The molecule has 1 fully saturated rings. The molecule has 0 spiro atoms. The molecule has 0 radical (unpaired) electrons. The third kappa shape index (κ3) is 2.64. The number of hydrogen-bond donors (Lipinski definition) is 1. The highest BCUT2D eigenvalue weighted by Crippen LogP contribution is 2.35. The van der Waals surface area contributed by atoms with Crippen LogP contribution >= 0.6 is 11.6 Å². The molecule has 0 aromatic heterocycles. The van der Waals surface area contributed by atoms with Crippen molar-refractivity contribution in [2.24, 2.45) is 5.73 Å². The summed E-state index contributed by atoms with van der Waals surface area (Å²) in [7, 11) is 0. The summed E-state index contributed by atoms with van der Waals surface area (Å²) in [6, 6.07) is 12.7.